The number of urea groups is 1. The van der Waals surface area contributed by atoms with E-state index in [1.807, 2.05) is 27.7 Å². The smallest absolute Gasteiger partial charge is 0.427 e. The lowest BCUT2D eigenvalue weighted by atomic mass is 9.66. The Morgan fingerprint density at radius 2 is 1.67 bits per heavy atom. The van der Waals surface area contributed by atoms with Gasteiger partial charge in [-0.15, -0.1) is 0 Å². The number of carbonyl (C=O) groups is 4. The van der Waals surface area contributed by atoms with Gasteiger partial charge >= 0.3 is 18.2 Å². The van der Waals surface area contributed by atoms with E-state index < -0.39 is 53.6 Å². The molecule has 242 valence electrons. The van der Waals surface area contributed by atoms with Gasteiger partial charge in [-0.3, -0.25) is 9.59 Å². The number of nitrogens with one attached hydrogen (secondary N) is 2. The highest BCUT2D eigenvalue weighted by atomic mass is 35.5. The molecular formula is C30H47ClN4O8. The minimum Gasteiger partial charge on any atom is -0.427 e. The molecule has 1 fully saturated rings. The van der Waals surface area contributed by atoms with E-state index in [4.69, 9.17) is 31.5 Å². The number of carbonyl (C=O) groups excluding carboxylic acids is 4. The lowest BCUT2D eigenvalue weighted by molar-refractivity contribution is -0.157. The number of likely N-dealkylation sites (tertiary alicyclic amines) is 1. The van der Waals surface area contributed by atoms with E-state index in [1.54, 1.807) is 56.9 Å². The first-order valence-electron chi connectivity index (χ1n) is 14.4. The third-order valence-corrected chi connectivity index (χ3v) is 7.96. The van der Waals surface area contributed by atoms with Gasteiger partial charge in [-0.05, 0) is 49.8 Å². The zero-order chi connectivity index (χ0) is 32.8. The number of halogens is 1. The average molecular weight is 627 g/mol. The van der Waals surface area contributed by atoms with E-state index in [1.165, 1.54) is 0 Å². The molecule has 3 atom stereocenters. The molecular weight excluding hydrogens is 580 g/mol. The fraction of sp³-hybridized carbons (Fsp3) is 0.667. The molecule has 13 heteroatoms. The Bertz CT molecular complexity index is 1140. The molecule has 2 rings (SSSR count). The predicted molar refractivity (Wildman–Crippen MR) is 161 cm³/mol. The summed E-state index contributed by atoms with van der Waals surface area (Å²) in [6.45, 7) is 13.9. The summed E-state index contributed by atoms with van der Waals surface area (Å²) < 4.78 is 14.8. The highest BCUT2D eigenvalue weighted by molar-refractivity contribution is 6.30. The molecule has 0 bridgehead atoms. The fourth-order valence-electron chi connectivity index (χ4n) is 4.76. The van der Waals surface area contributed by atoms with Crippen LogP contribution in [-0.2, 0) is 29.4 Å². The van der Waals surface area contributed by atoms with E-state index in [-0.39, 0.29) is 30.8 Å². The number of hydrogen-bond donors (Lipinski definition) is 4. The molecule has 0 aliphatic carbocycles. The SMILES string of the molecule is CC(C)C(N)C(=O)OCOC(=O)OC(C)(C)CNC(=O)NC(C(=O)N1CC[C@](O)(c2ccc(Cl)cc2)C(C)(C)C1)C(C)C. The molecule has 12 nitrogen and oxygen atoms in total. The second-order valence-electron chi connectivity index (χ2n) is 12.9. The summed E-state index contributed by atoms with van der Waals surface area (Å²) in [7, 11) is 0. The summed E-state index contributed by atoms with van der Waals surface area (Å²) in [6.07, 6.45) is -0.782. The Morgan fingerprint density at radius 1 is 1.07 bits per heavy atom. The number of hydrogen-bond acceptors (Lipinski definition) is 9. The van der Waals surface area contributed by atoms with Crippen molar-refractivity contribution in [3.8, 4) is 0 Å². The summed E-state index contributed by atoms with van der Waals surface area (Å²) in [5.74, 6) is -1.35. The summed E-state index contributed by atoms with van der Waals surface area (Å²) in [5, 5.41) is 17.6. The third kappa shape index (κ3) is 9.70. The average Bonchev–Trinajstić information content (AvgIpc) is 2.91. The van der Waals surface area contributed by atoms with Crippen LogP contribution >= 0.6 is 11.6 Å². The third-order valence-electron chi connectivity index (χ3n) is 7.70. The van der Waals surface area contributed by atoms with Crippen molar-refractivity contribution >= 4 is 35.7 Å². The number of rotatable bonds is 11. The molecule has 43 heavy (non-hydrogen) atoms. The van der Waals surface area contributed by atoms with Crippen molar-refractivity contribution in [3.05, 3.63) is 34.9 Å². The van der Waals surface area contributed by atoms with Gasteiger partial charge in [0.15, 0.2) is 0 Å². The minimum absolute atomic E-state index is 0.101. The van der Waals surface area contributed by atoms with Crippen LogP contribution in [-0.4, -0.2) is 78.2 Å². The van der Waals surface area contributed by atoms with Crippen LogP contribution in [0.1, 0.15) is 67.4 Å². The Morgan fingerprint density at radius 3 is 2.21 bits per heavy atom. The molecule has 3 amide bonds. The maximum atomic E-state index is 13.6. The molecule has 1 aromatic carbocycles. The van der Waals surface area contributed by atoms with Gasteiger partial charge in [0, 0.05) is 23.5 Å². The molecule has 5 N–H and O–H groups in total. The molecule has 1 aromatic rings. The largest absolute Gasteiger partial charge is 0.511 e. The molecule has 1 aliphatic heterocycles. The second-order valence-corrected chi connectivity index (χ2v) is 13.4. The number of ether oxygens (including phenoxy) is 3. The van der Waals surface area contributed by atoms with E-state index in [0.29, 0.717) is 18.0 Å². The van der Waals surface area contributed by atoms with Crippen molar-refractivity contribution in [1.29, 1.82) is 0 Å². The van der Waals surface area contributed by atoms with Crippen LogP contribution in [0.4, 0.5) is 9.59 Å². The highest BCUT2D eigenvalue weighted by Gasteiger charge is 2.50. The van der Waals surface area contributed by atoms with Crippen molar-refractivity contribution in [2.75, 3.05) is 26.4 Å². The van der Waals surface area contributed by atoms with Gasteiger partial charge in [0.1, 0.15) is 17.7 Å². The topological polar surface area (TPSA) is 170 Å². The first kappa shape index (κ1) is 36.1. The predicted octanol–water partition coefficient (Wildman–Crippen LogP) is 3.53. The van der Waals surface area contributed by atoms with Crippen molar-refractivity contribution < 1.29 is 38.5 Å². The van der Waals surface area contributed by atoms with E-state index in [2.05, 4.69) is 10.6 Å². The zero-order valence-electron chi connectivity index (χ0n) is 26.4. The molecule has 1 aliphatic rings. The number of nitrogens with two attached hydrogens (primary N) is 1. The quantitative estimate of drug-likeness (QED) is 0.212. The van der Waals surface area contributed by atoms with Crippen molar-refractivity contribution in [2.24, 2.45) is 23.0 Å². The first-order valence-corrected chi connectivity index (χ1v) is 14.8. The van der Waals surface area contributed by atoms with Gasteiger partial charge in [-0.1, -0.05) is 65.3 Å². The Hall–Kier alpha value is -3.09. The van der Waals surface area contributed by atoms with Crippen LogP contribution in [0.2, 0.25) is 5.02 Å². The van der Waals surface area contributed by atoms with Gasteiger partial charge in [0.25, 0.3) is 0 Å². The maximum absolute atomic E-state index is 13.6. The summed E-state index contributed by atoms with van der Waals surface area (Å²) in [4.78, 5) is 51.9. The minimum atomic E-state index is -1.19. The van der Waals surface area contributed by atoms with Crippen LogP contribution in [0.5, 0.6) is 0 Å². The normalized spacial score (nSPS) is 19.8. The van der Waals surface area contributed by atoms with Crippen molar-refractivity contribution in [2.45, 2.75) is 85.1 Å². The molecule has 0 radical (unpaired) electrons. The molecule has 1 heterocycles. The summed E-state index contributed by atoms with van der Waals surface area (Å²) in [5.41, 5.74) is 3.37. The Labute approximate surface area is 258 Å². The van der Waals surface area contributed by atoms with Gasteiger partial charge < -0.3 is 40.6 Å². The first-order chi connectivity index (χ1) is 19.8. The number of esters is 1. The molecule has 1 saturated heterocycles. The van der Waals surface area contributed by atoms with Gasteiger partial charge in [0.05, 0.1) is 12.1 Å². The Balaban J connectivity index is 1.92. The highest BCUT2D eigenvalue weighted by Crippen LogP contribution is 2.46. The van der Waals surface area contributed by atoms with E-state index >= 15 is 0 Å². The molecule has 2 unspecified atom stereocenters. The fourth-order valence-corrected chi connectivity index (χ4v) is 4.89. The van der Waals surface area contributed by atoms with Gasteiger partial charge in [0.2, 0.25) is 12.7 Å². The van der Waals surface area contributed by atoms with Gasteiger partial charge in [-0.2, -0.15) is 0 Å². The lowest BCUT2D eigenvalue weighted by Gasteiger charge is -2.51. The lowest BCUT2D eigenvalue weighted by Crippen LogP contribution is -2.61. The number of aliphatic hydroxyl groups is 1. The van der Waals surface area contributed by atoms with Crippen LogP contribution in [0.3, 0.4) is 0 Å². The van der Waals surface area contributed by atoms with Crippen molar-refractivity contribution in [1.82, 2.24) is 15.5 Å². The monoisotopic (exact) mass is 626 g/mol. The van der Waals surface area contributed by atoms with Crippen LogP contribution in [0, 0.1) is 17.3 Å². The number of nitrogens with zero attached hydrogens (tertiary/aromatic N) is 1. The second kappa shape index (κ2) is 14.6. The summed E-state index contributed by atoms with van der Waals surface area (Å²) >= 11 is 6.03. The van der Waals surface area contributed by atoms with E-state index in [0.717, 1.165) is 5.56 Å². The molecule has 0 aromatic heterocycles. The number of benzene rings is 1. The van der Waals surface area contributed by atoms with Gasteiger partial charge in [-0.25, -0.2) is 9.59 Å². The standard InChI is InChI=1S/C30H47ClN4O8/c1-18(2)22(32)25(37)41-17-42-27(39)43-29(7,8)15-33-26(38)34-23(19(3)4)24(36)35-14-13-30(40,28(5,6)16-35)20-9-11-21(31)12-10-20/h9-12,18-19,22-23,40H,13-17,32H2,1-8H3,(H2,33,34,38)/t22?,23?,30-/m0/s1. The van der Waals surface area contributed by atoms with Crippen molar-refractivity contribution in [3.63, 3.8) is 0 Å². The number of amides is 3. The number of piperidine rings is 1. The maximum Gasteiger partial charge on any atom is 0.511 e. The molecule has 0 saturated carbocycles. The van der Waals surface area contributed by atoms with Crippen LogP contribution in [0.15, 0.2) is 24.3 Å². The Kier molecular flexibility index (Phi) is 12.2. The molecule has 0 spiro atoms. The van der Waals surface area contributed by atoms with Crippen LogP contribution in [0.25, 0.3) is 0 Å². The zero-order valence-corrected chi connectivity index (χ0v) is 27.1. The van der Waals surface area contributed by atoms with E-state index in [9.17, 15) is 24.3 Å². The summed E-state index contributed by atoms with van der Waals surface area (Å²) in [6, 6.07) is 4.76. The van der Waals surface area contributed by atoms with Crippen LogP contribution < -0.4 is 16.4 Å².